The number of aliphatic hydroxyl groups excluding tert-OH is 1. The molecule has 0 aliphatic heterocycles. The number of aliphatic hydroxyl groups is 1. The van der Waals surface area contributed by atoms with E-state index in [0.717, 1.165) is 24.6 Å². The molecule has 2 rings (SSSR count). The monoisotopic (exact) mass is 368 g/mol. The Hall–Kier alpha value is -2.37. The Morgan fingerprint density at radius 2 is 1.67 bits per heavy atom. The van der Waals surface area contributed by atoms with Crippen molar-refractivity contribution >= 4 is 5.96 Å². The number of guanidine groups is 1. The first-order valence-corrected chi connectivity index (χ1v) is 9.53. The fraction of sp³-hybridized carbons (Fsp3) is 0.409. The van der Waals surface area contributed by atoms with E-state index in [0.29, 0.717) is 13.1 Å². The molecule has 0 bridgehead atoms. The van der Waals surface area contributed by atoms with Crippen LogP contribution in [0.15, 0.2) is 59.6 Å². The van der Waals surface area contributed by atoms with Crippen molar-refractivity contribution in [3.63, 3.8) is 0 Å². The van der Waals surface area contributed by atoms with Crippen LogP contribution < -0.4 is 10.6 Å². The lowest BCUT2D eigenvalue weighted by molar-refractivity contribution is 0.265. The maximum absolute atomic E-state index is 9.75. The van der Waals surface area contributed by atoms with Gasteiger partial charge in [0.15, 0.2) is 5.96 Å². The predicted octanol–water partition coefficient (Wildman–Crippen LogP) is 2.58. The molecule has 1 unspecified atom stereocenters. The lowest BCUT2D eigenvalue weighted by atomic mass is 10.0. The van der Waals surface area contributed by atoms with Gasteiger partial charge in [0.05, 0.1) is 13.2 Å². The third-order valence-corrected chi connectivity index (χ3v) is 4.36. The minimum atomic E-state index is 0.0380. The van der Waals surface area contributed by atoms with Crippen LogP contribution >= 0.6 is 0 Å². The topological polar surface area (TPSA) is 59.9 Å². The molecule has 0 aliphatic carbocycles. The van der Waals surface area contributed by atoms with Crippen LogP contribution in [0.2, 0.25) is 0 Å². The van der Waals surface area contributed by atoms with Gasteiger partial charge in [-0.05, 0) is 37.7 Å². The van der Waals surface area contributed by atoms with Gasteiger partial charge in [-0.2, -0.15) is 0 Å². The first-order valence-electron chi connectivity index (χ1n) is 9.53. The van der Waals surface area contributed by atoms with E-state index in [9.17, 15) is 5.11 Å². The minimum absolute atomic E-state index is 0.0380. The van der Waals surface area contributed by atoms with Crippen molar-refractivity contribution in [1.29, 1.82) is 0 Å². The summed E-state index contributed by atoms with van der Waals surface area (Å²) in [7, 11) is 4.15. The molecule has 3 N–H and O–H groups in total. The second kappa shape index (κ2) is 11.4. The summed E-state index contributed by atoms with van der Waals surface area (Å²) in [5.41, 5.74) is 3.64. The number of hydrogen-bond donors (Lipinski definition) is 3. The summed E-state index contributed by atoms with van der Waals surface area (Å²) in [6.45, 7) is 5.09. The van der Waals surface area contributed by atoms with Gasteiger partial charge < -0.3 is 20.6 Å². The standard InChI is InChI=1S/C22H32N4O/c1-4-23-22(25-15-21(17-27)18-10-6-5-7-11-18)24-14-19-12-8-9-13-20(19)16-26(2)3/h5-13,21,27H,4,14-17H2,1-3H3,(H2,23,24,25). The van der Waals surface area contributed by atoms with Gasteiger partial charge in [0.25, 0.3) is 0 Å². The molecule has 0 saturated carbocycles. The first-order chi connectivity index (χ1) is 13.1. The average molecular weight is 369 g/mol. The molecule has 146 valence electrons. The van der Waals surface area contributed by atoms with E-state index in [1.807, 2.05) is 30.3 Å². The Balaban J connectivity index is 2.04. The van der Waals surface area contributed by atoms with E-state index in [2.05, 4.69) is 60.8 Å². The van der Waals surface area contributed by atoms with Gasteiger partial charge in [0.2, 0.25) is 0 Å². The van der Waals surface area contributed by atoms with E-state index in [1.54, 1.807) is 0 Å². The number of nitrogens with one attached hydrogen (secondary N) is 2. The summed E-state index contributed by atoms with van der Waals surface area (Å²) < 4.78 is 0. The maximum Gasteiger partial charge on any atom is 0.191 e. The minimum Gasteiger partial charge on any atom is -0.396 e. The van der Waals surface area contributed by atoms with Gasteiger partial charge in [-0.3, -0.25) is 0 Å². The van der Waals surface area contributed by atoms with Crippen LogP contribution in [-0.2, 0) is 13.1 Å². The van der Waals surface area contributed by atoms with Crippen LogP contribution in [0.25, 0.3) is 0 Å². The van der Waals surface area contributed by atoms with Crippen LogP contribution in [0.1, 0.15) is 29.5 Å². The summed E-state index contributed by atoms with van der Waals surface area (Å²) in [6.07, 6.45) is 0. The van der Waals surface area contributed by atoms with Crippen molar-refractivity contribution in [2.24, 2.45) is 4.99 Å². The van der Waals surface area contributed by atoms with Gasteiger partial charge in [0.1, 0.15) is 0 Å². The summed E-state index contributed by atoms with van der Waals surface area (Å²) in [6, 6.07) is 18.5. The highest BCUT2D eigenvalue weighted by atomic mass is 16.3. The molecule has 2 aromatic carbocycles. The van der Waals surface area contributed by atoms with E-state index >= 15 is 0 Å². The molecule has 0 amide bonds. The maximum atomic E-state index is 9.75. The fourth-order valence-electron chi connectivity index (χ4n) is 2.95. The zero-order valence-electron chi connectivity index (χ0n) is 16.7. The van der Waals surface area contributed by atoms with Gasteiger partial charge >= 0.3 is 0 Å². The van der Waals surface area contributed by atoms with E-state index in [-0.39, 0.29) is 12.5 Å². The highest BCUT2D eigenvalue weighted by Crippen LogP contribution is 2.14. The van der Waals surface area contributed by atoms with Crippen molar-refractivity contribution < 1.29 is 5.11 Å². The molecule has 0 fully saturated rings. The smallest absolute Gasteiger partial charge is 0.191 e. The lowest BCUT2D eigenvalue weighted by Crippen LogP contribution is -2.40. The fourth-order valence-corrected chi connectivity index (χ4v) is 2.95. The van der Waals surface area contributed by atoms with Gasteiger partial charge in [-0.25, -0.2) is 4.99 Å². The van der Waals surface area contributed by atoms with Crippen LogP contribution in [-0.4, -0.2) is 49.8 Å². The Kier molecular flexibility index (Phi) is 8.81. The third kappa shape index (κ3) is 7.04. The zero-order chi connectivity index (χ0) is 19.5. The van der Waals surface area contributed by atoms with E-state index in [4.69, 9.17) is 4.99 Å². The van der Waals surface area contributed by atoms with Crippen molar-refractivity contribution in [3.05, 3.63) is 71.3 Å². The van der Waals surface area contributed by atoms with Crippen molar-refractivity contribution in [2.45, 2.75) is 25.9 Å². The molecule has 0 spiro atoms. The molecule has 5 heteroatoms. The Bertz CT molecular complexity index is 700. The largest absolute Gasteiger partial charge is 0.396 e. The summed E-state index contributed by atoms with van der Waals surface area (Å²) in [4.78, 5) is 6.91. The first kappa shape index (κ1) is 20.9. The molecule has 1 atom stereocenters. The SMILES string of the molecule is CCNC(=NCc1ccccc1CN(C)C)NCC(CO)c1ccccc1. The van der Waals surface area contributed by atoms with Crippen LogP contribution in [0.4, 0.5) is 0 Å². The molecule has 0 saturated heterocycles. The van der Waals surface area contributed by atoms with Crippen molar-refractivity contribution in [3.8, 4) is 0 Å². The number of aliphatic imine (C=N–C) groups is 1. The van der Waals surface area contributed by atoms with Gasteiger partial charge in [0, 0.05) is 25.6 Å². The summed E-state index contributed by atoms with van der Waals surface area (Å²) in [5, 5.41) is 16.4. The third-order valence-electron chi connectivity index (χ3n) is 4.36. The molecule has 0 aliphatic rings. The van der Waals surface area contributed by atoms with Crippen LogP contribution in [0, 0.1) is 0 Å². The Labute approximate surface area is 163 Å². The predicted molar refractivity (Wildman–Crippen MR) is 113 cm³/mol. The average Bonchev–Trinajstić information content (AvgIpc) is 2.68. The lowest BCUT2D eigenvalue weighted by Gasteiger charge is -2.18. The quantitative estimate of drug-likeness (QED) is 0.470. The Morgan fingerprint density at radius 1 is 1.00 bits per heavy atom. The van der Waals surface area contributed by atoms with Gasteiger partial charge in [-0.15, -0.1) is 0 Å². The summed E-state index contributed by atoms with van der Waals surface area (Å²) >= 11 is 0. The molecule has 5 nitrogen and oxygen atoms in total. The molecular weight excluding hydrogens is 336 g/mol. The molecule has 2 aromatic rings. The normalized spacial score (nSPS) is 12.9. The van der Waals surface area contributed by atoms with Crippen molar-refractivity contribution in [1.82, 2.24) is 15.5 Å². The van der Waals surface area contributed by atoms with Crippen molar-refractivity contribution in [2.75, 3.05) is 33.8 Å². The number of rotatable bonds is 9. The molecule has 0 aromatic heterocycles. The second-order valence-corrected chi connectivity index (χ2v) is 6.87. The van der Waals surface area contributed by atoms with Crippen LogP contribution in [0.5, 0.6) is 0 Å². The van der Waals surface area contributed by atoms with Gasteiger partial charge in [-0.1, -0.05) is 54.6 Å². The number of benzene rings is 2. The molecule has 0 radical (unpaired) electrons. The van der Waals surface area contributed by atoms with E-state index in [1.165, 1.54) is 11.1 Å². The Morgan fingerprint density at radius 3 is 2.30 bits per heavy atom. The highest BCUT2D eigenvalue weighted by molar-refractivity contribution is 5.79. The number of hydrogen-bond acceptors (Lipinski definition) is 3. The van der Waals surface area contributed by atoms with Crippen LogP contribution in [0.3, 0.4) is 0 Å². The summed E-state index contributed by atoms with van der Waals surface area (Å²) in [5.74, 6) is 0.808. The highest BCUT2D eigenvalue weighted by Gasteiger charge is 2.11. The second-order valence-electron chi connectivity index (χ2n) is 6.87. The molecule has 27 heavy (non-hydrogen) atoms. The molecular formula is C22H32N4O. The number of nitrogens with zero attached hydrogens (tertiary/aromatic N) is 2. The van der Waals surface area contributed by atoms with E-state index < -0.39 is 0 Å². The zero-order valence-corrected chi connectivity index (χ0v) is 16.7. The molecule has 0 heterocycles.